The molecule has 532 valence electrons. The van der Waals surface area contributed by atoms with Gasteiger partial charge in [-0.25, -0.2) is 25.0 Å². The highest BCUT2D eigenvalue weighted by molar-refractivity contribution is 6.00. The first-order valence-corrected chi connectivity index (χ1v) is 31.8. The molecule has 0 spiro atoms. The van der Waals surface area contributed by atoms with Gasteiger partial charge in [0.2, 0.25) is 53.2 Å². The van der Waals surface area contributed by atoms with Crippen LogP contribution in [0.25, 0.3) is 10.8 Å². The van der Waals surface area contributed by atoms with E-state index in [4.69, 9.17) is 80.3 Å². The van der Waals surface area contributed by atoms with E-state index in [-0.39, 0.29) is 89.3 Å². The summed E-state index contributed by atoms with van der Waals surface area (Å²) in [6.07, 6.45) is 1.44. The largest absolute Gasteiger partial charge is 0.370 e. The lowest BCUT2D eigenvalue weighted by atomic mass is 9.98. The number of nitrogens with two attached hydrogens (primary N) is 14. The summed E-state index contributed by atoms with van der Waals surface area (Å²) in [6.45, 7) is 8.46. The van der Waals surface area contributed by atoms with Gasteiger partial charge in [0.15, 0.2) is 35.8 Å². The smallest absolute Gasteiger partial charge is 0.245 e. The second-order valence-corrected chi connectivity index (χ2v) is 22.9. The molecule has 13 atom stereocenters. The van der Waals surface area contributed by atoms with Crippen LogP contribution in [0, 0.1) is 0 Å². The van der Waals surface area contributed by atoms with Gasteiger partial charge < -0.3 is 122 Å². The molecule has 0 bridgehead atoms. The Balaban J connectivity index is 2.16. The normalized spacial score (nSPS) is 16.3. The van der Waals surface area contributed by atoms with Crippen LogP contribution in [0.2, 0.25) is 0 Å². The molecule has 1 aliphatic heterocycles. The van der Waals surface area contributed by atoms with Crippen LogP contribution in [-0.2, 0) is 49.6 Å². The highest BCUT2D eigenvalue weighted by Crippen LogP contribution is 2.24. The number of likely N-dealkylation sites (tertiary alicyclic amines) is 1. The molecule has 35 N–H and O–H groups in total. The van der Waals surface area contributed by atoms with Crippen molar-refractivity contribution in [2.45, 2.75) is 197 Å². The Morgan fingerprint density at radius 2 is 0.844 bits per heavy atom. The summed E-state index contributed by atoms with van der Waals surface area (Å²) in [4.78, 5) is 157. The van der Waals surface area contributed by atoms with E-state index in [2.05, 4.69) is 67.2 Å². The number of nitrogens with one attached hydrogen (secondary N) is 7. The number of carbonyl (C=O) groups excluding carboxylic acids is 9. The Morgan fingerprint density at radius 3 is 1.23 bits per heavy atom. The van der Waals surface area contributed by atoms with E-state index in [1.807, 2.05) is 42.5 Å². The van der Waals surface area contributed by atoms with E-state index in [0.29, 0.717) is 25.7 Å². The van der Waals surface area contributed by atoms with Crippen molar-refractivity contribution in [1.82, 2.24) is 42.1 Å². The van der Waals surface area contributed by atoms with E-state index < -0.39 is 156 Å². The van der Waals surface area contributed by atoms with Gasteiger partial charge in [-0.3, -0.25) is 48.1 Å². The van der Waals surface area contributed by atoms with Gasteiger partial charge in [-0.1, -0.05) is 77.1 Å². The van der Waals surface area contributed by atoms with E-state index in [9.17, 15) is 28.8 Å². The summed E-state index contributed by atoms with van der Waals surface area (Å²) in [7, 11) is 0. The molecule has 37 nitrogen and oxygen atoms in total. The monoisotopic (exact) mass is 1350 g/mol. The summed E-state index contributed by atoms with van der Waals surface area (Å²) in [5, 5.41) is 20.2. The molecule has 1 aliphatic rings. The number of fused-ring (bicyclic) bond motifs is 1. The van der Waals surface area contributed by atoms with Crippen LogP contribution >= 0.6 is 0 Å². The van der Waals surface area contributed by atoms with Gasteiger partial charge >= 0.3 is 0 Å². The van der Waals surface area contributed by atoms with Crippen molar-refractivity contribution in [3.63, 3.8) is 0 Å². The van der Waals surface area contributed by atoms with E-state index >= 15 is 14.4 Å². The lowest BCUT2D eigenvalue weighted by molar-refractivity contribution is -0.139. The number of aliphatic imine (C=N–C) groups is 6. The molecule has 0 aromatic heterocycles. The Morgan fingerprint density at radius 1 is 0.458 bits per heavy atom. The Kier molecular flexibility index (Phi) is 33.2. The summed E-state index contributed by atoms with van der Waals surface area (Å²) < 4.78 is 0. The fourth-order valence-corrected chi connectivity index (χ4v) is 11.0. The number of amides is 9. The van der Waals surface area contributed by atoms with Gasteiger partial charge in [0.25, 0.3) is 0 Å². The number of rotatable bonds is 40. The first-order valence-electron chi connectivity index (χ1n) is 31.8. The van der Waals surface area contributed by atoms with Gasteiger partial charge in [0.1, 0.15) is 48.3 Å². The molecule has 2 aromatic carbocycles. The third-order valence-electron chi connectivity index (χ3n) is 15.8. The van der Waals surface area contributed by atoms with Crippen molar-refractivity contribution in [1.29, 1.82) is 0 Å². The minimum Gasteiger partial charge on any atom is -0.370 e. The summed E-state index contributed by atoms with van der Waals surface area (Å²) in [6, 6.07) is -5.87. The van der Waals surface area contributed by atoms with Gasteiger partial charge in [-0.15, -0.1) is 0 Å². The van der Waals surface area contributed by atoms with Gasteiger partial charge in [-0.05, 0) is 99.9 Å². The number of unbranched alkanes of at least 4 members (excludes halogenated alkanes) is 1. The first kappa shape index (κ1) is 79.7. The maximum Gasteiger partial charge on any atom is 0.245 e. The predicted octanol–water partition coefficient (Wildman–Crippen LogP) is -7.31. The highest BCUT2D eigenvalue weighted by Gasteiger charge is 2.43. The number of hydrogen-bond acceptors (Lipinski definition) is 16. The van der Waals surface area contributed by atoms with Crippen LogP contribution in [0.3, 0.4) is 0 Å². The fraction of sp³-hybridized carbons (Fsp3) is 0.576. The molecule has 2 aromatic rings. The van der Waals surface area contributed by atoms with Gasteiger partial charge in [-0.2, -0.15) is 0 Å². The number of guanidine groups is 6. The van der Waals surface area contributed by atoms with Crippen LogP contribution in [0.5, 0.6) is 0 Å². The number of primary amides is 1. The minimum atomic E-state index is -1.88. The fourth-order valence-electron chi connectivity index (χ4n) is 11.0. The molecule has 9 amide bonds. The Bertz CT molecular complexity index is 3150. The number of carbonyl (C=O) groups is 9. The summed E-state index contributed by atoms with van der Waals surface area (Å²) >= 11 is 0. The van der Waals surface area contributed by atoms with Crippen molar-refractivity contribution in [3.05, 3.63) is 48.0 Å². The third kappa shape index (κ3) is 25.1. The maximum absolute atomic E-state index is 15.2. The van der Waals surface area contributed by atoms with Crippen molar-refractivity contribution >= 4 is 99.7 Å². The van der Waals surface area contributed by atoms with E-state index in [1.165, 1.54) is 4.90 Å². The lowest BCUT2D eigenvalue weighted by Crippen LogP contribution is -2.66. The van der Waals surface area contributed by atoms with Crippen LogP contribution in [0.4, 0.5) is 0 Å². The van der Waals surface area contributed by atoms with Crippen molar-refractivity contribution in [2.24, 2.45) is 110 Å². The van der Waals surface area contributed by atoms with E-state index in [1.54, 1.807) is 34.6 Å². The zero-order valence-electron chi connectivity index (χ0n) is 55.2. The van der Waals surface area contributed by atoms with Crippen molar-refractivity contribution in [3.8, 4) is 0 Å². The molecular formula is C59H102N28O9. The lowest BCUT2D eigenvalue weighted by Gasteiger charge is -2.33. The van der Waals surface area contributed by atoms with Crippen molar-refractivity contribution < 1.29 is 43.2 Å². The van der Waals surface area contributed by atoms with Crippen molar-refractivity contribution in [2.75, 3.05) is 19.6 Å². The number of benzene rings is 2. The molecule has 1 fully saturated rings. The van der Waals surface area contributed by atoms with Crippen LogP contribution in [0.1, 0.15) is 117 Å². The standard InChI is InChI=1S/C59H102N28O9/c1-6-32(77-55(64)65)41(49(92)75-37(46(61)89)23-16-26-74-54(62)63)83-51(94)43(34(8-3)79-57(68)69)85-53(96)45(36(10-5)81-59(72)73)86-52(95)44(35(9-4)80-58(70)71)84-50(93)42(33(7-2)78-56(66)67)82-47(90)38(22-13-14-25-60)76-48(91)39-24-17-27-87(39)40(88)28-30-20-15-19-29-18-11-12-21-31(29)30/h11-12,15,18-21,32-39,41-45H,6-10,13-14,16-17,22-28,60H2,1-5H3,(H2,61,89)(H,75,92)(H,76,91)(H,82,90)(H,83,94)(H,84,93)(H,85,96)(H,86,95)(H4,62,63,74)(H4,64,65,77)(H4,66,67,78)(H4,68,69,79)(H4,70,71,80)(H4,72,73,81)/t32?,33?,34?,35?,36?,37-,38-,39-,41-,42-,43-,44-,45-/m0/s1. The van der Waals surface area contributed by atoms with Gasteiger partial charge in [0, 0.05) is 13.1 Å². The Labute approximate surface area is 557 Å². The second kappa shape index (κ2) is 39.9. The second-order valence-electron chi connectivity index (χ2n) is 22.9. The quantitative estimate of drug-likeness (QED) is 0.0167. The summed E-state index contributed by atoms with van der Waals surface area (Å²) in [5.74, 6) is -11.1. The molecule has 3 rings (SSSR count). The molecule has 1 heterocycles. The van der Waals surface area contributed by atoms with Crippen LogP contribution in [0.15, 0.2) is 72.4 Å². The highest BCUT2D eigenvalue weighted by atomic mass is 16.2. The van der Waals surface area contributed by atoms with E-state index in [0.717, 1.165) is 16.3 Å². The molecule has 5 unspecified atom stereocenters. The minimum absolute atomic E-state index is 0.00227. The maximum atomic E-state index is 15.2. The predicted molar refractivity (Wildman–Crippen MR) is 367 cm³/mol. The van der Waals surface area contributed by atoms with Gasteiger partial charge in [0.05, 0.1) is 36.6 Å². The average Bonchev–Trinajstić information content (AvgIpc) is 1.39. The number of hydrogen-bond donors (Lipinski definition) is 21. The molecule has 0 saturated carbocycles. The SMILES string of the molecule is CCC(N=C(N)N)[C@H](NC(=O)[C@H](CCCCN)NC(=O)[C@@H]1CCCN1C(=O)Cc1cccc2ccccc12)C(=O)N[C@H](C(=O)N[C@H](C(=O)N[C@H](C(=O)N[C@H](C(=O)N[C@@H](CCCN=C(N)N)C(N)=O)C(CC)N=C(N)N)C(CC)N=C(N)N)C(CC)N=C(N)N)C(CC)N=C(N)N. The molecular weight excluding hydrogens is 1240 g/mol. The Hall–Kier alpha value is -10.5. The third-order valence-corrected chi connectivity index (χ3v) is 15.8. The average molecular weight is 1350 g/mol. The zero-order valence-corrected chi connectivity index (χ0v) is 55.2. The number of nitrogens with zero attached hydrogens (tertiary/aromatic N) is 7. The molecule has 37 heteroatoms. The molecule has 0 radical (unpaired) electrons. The molecule has 96 heavy (non-hydrogen) atoms. The zero-order chi connectivity index (χ0) is 71.9. The molecule has 0 aliphatic carbocycles. The topological polar surface area (TPSA) is 680 Å². The molecule has 1 saturated heterocycles. The van der Waals surface area contributed by atoms with Crippen LogP contribution < -0.4 is 117 Å². The van der Waals surface area contributed by atoms with Crippen LogP contribution in [-0.4, -0.2) is 192 Å². The first-order chi connectivity index (χ1) is 45.4. The summed E-state index contributed by atoms with van der Waals surface area (Å²) in [5.41, 5.74) is 81.8.